The fourth-order valence-corrected chi connectivity index (χ4v) is 5.82. The maximum absolute atomic E-state index is 12.8. The van der Waals surface area contributed by atoms with Crippen LogP contribution in [0.2, 0.25) is 0 Å². The third-order valence-corrected chi connectivity index (χ3v) is 7.59. The fraction of sp³-hybridized carbons (Fsp3) is 0.588. The standard InChI is InChI=1S/C17H23BrN2O5S/c1-25-17(22)12-9-15(16(21)10-12)19-5-7-20(8-6-19)26(23,24)14-4-2-3-13(18)11-14/h2-4,11-12,15-16,21H,5-10H2,1H3/t12-,15-,16+/m0/s1. The number of esters is 1. The molecule has 0 bridgehead atoms. The van der Waals surface area contributed by atoms with Crippen LogP contribution in [0.3, 0.4) is 0 Å². The summed E-state index contributed by atoms with van der Waals surface area (Å²) in [6.07, 6.45) is 0.354. The minimum atomic E-state index is -3.53. The summed E-state index contributed by atoms with van der Waals surface area (Å²) in [6.45, 7) is 1.79. The van der Waals surface area contributed by atoms with Crippen LogP contribution in [0.4, 0.5) is 0 Å². The van der Waals surface area contributed by atoms with Crippen molar-refractivity contribution in [2.24, 2.45) is 5.92 Å². The molecule has 26 heavy (non-hydrogen) atoms. The first-order valence-electron chi connectivity index (χ1n) is 8.58. The van der Waals surface area contributed by atoms with Crippen LogP contribution >= 0.6 is 15.9 Å². The van der Waals surface area contributed by atoms with Crippen molar-refractivity contribution in [3.8, 4) is 0 Å². The molecule has 1 saturated heterocycles. The van der Waals surface area contributed by atoms with Gasteiger partial charge in [0.1, 0.15) is 0 Å². The summed E-state index contributed by atoms with van der Waals surface area (Å²) in [5.74, 6) is -0.578. The van der Waals surface area contributed by atoms with Gasteiger partial charge in [0.05, 0.1) is 24.0 Å². The third-order valence-electron chi connectivity index (χ3n) is 5.21. The molecule has 3 rings (SSSR count). The van der Waals surface area contributed by atoms with Crippen molar-refractivity contribution in [1.29, 1.82) is 0 Å². The highest BCUT2D eigenvalue weighted by molar-refractivity contribution is 9.10. The number of carbonyl (C=O) groups is 1. The van der Waals surface area contributed by atoms with E-state index in [2.05, 4.69) is 20.8 Å². The third kappa shape index (κ3) is 3.96. The van der Waals surface area contributed by atoms with Gasteiger partial charge in [-0.05, 0) is 31.0 Å². The van der Waals surface area contributed by atoms with Crippen LogP contribution in [-0.4, -0.2) is 74.1 Å². The van der Waals surface area contributed by atoms with Gasteiger partial charge in [0.2, 0.25) is 10.0 Å². The van der Waals surface area contributed by atoms with Crippen molar-refractivity contribution < 1.29 is 23.1 Å². The Hall–Kier alpha value is -1.00. The number of hydrogen-bond donors (Lipinski definition) is 1. The molecule has 1 heterocycles. The van der Waals surface area contributed by atoms with Crippen LogP contribution in [-0.2, 0) is 19.6 Å². The molecule has 0 radical (unpaired) electrons. The number of benzene rings is 1. The Morgan fingerprint density at radius 3 is 2.54 bits per heavy atom. The first-order valence-corrected chi connectivity index (χ1v) is 10.8. The zero-order valence-corrected chi connectivity index (χ0v) is 16.9. The van der Waals surface area contributed by atoms with Gasteiger partial charge in [-0.15, -0.1) is 0 Å². The van der Waals surface area contributed by atoms with Gasteiger partial charge in [0.25, 0.3) is 0 Å². The normalized spacial score (nSPS) is 28.2. The Morgan fingerprint density at radius 1 is 1.23 bits per heavy atom. The van der Waals surface area contributed by atoms with E-state index in [1.807, 2.05) is 0 Å². The van der Waals surface area contributed by atoms with Gasteiger partial charge in [-0.3, -0.25) is 9.69 Å². The first kappa shape index (κ1) is 19.8. The maximum atomic E-state index is 12.8. The number of hydrogen-bond acceptors (Lipinski definition) is 6. The van der Waals surface area contributed by atoms with Crippen molar-refractivity contribution in [3.63, 3.8) is 0 Å². The van der Waals surface area contributed by atoms with E-state index in [9.17, 15) is 18.3 Å². The monoisotopic (exact) mass is 446 g/mol. The molecule has 1 saturated carbocycles. The van der Waals surface area contributed by atoms with Crippen molar-refractivity contribution in [1.82, 2.24) is 9.21 Å². The average Bonchev–Trinajstić information content (AvgIpc) is 3.03. The van der Waals surface area contributed by atoms with Gasteiger partial charge in [0.15, 0.2) is 0 Å². The molecular formula is C17H23BrN2O5S. The van der Waals surface area contributed by atoms with Crippen molar-refractivity contribution in [2.75, 3.05) is 33.3 Å². The Bertz CT molecular complexity index is 764. The second-order valence-electron chi connectivity index (χ2n) is 6.72. The van der Waals surface area contributed by atoms with Crippen LogP contribution in [0.5, 0.6) is 0 Å². The maximum Gasteiger partial charge on any atom is 0.308 e. The second kappa shape index (κ2) is 7.93. The molecule has 1 aliphatic carbocycles. The molecule has 1 aromatic rings. The van der Waals surface area contributed by atoms with Crippen molar-refractivity contribution >= 4 is 31.9 Å². The molecular weight excluding hydrogens is 424 g/mol. The molecule has 1 N–H and O–H groups in total. The Balaban J connectivity index is 1.63. The lowest BCUT2D eigenvalue weighted by Crippen LogP contribution is -2.53. The molecule has 3 atom stereocenters. The molecule has 0 amide bonds. The number of aliphatic hydroxyl groups excluding tert-OH is 1. The zero-order chi connectivity index (χ0) is 18.9. The van der Waals surface area contributed by atoms with Crippen molar-refractivity contribution in [2.45, 2.75) is 29.9 Å². The minimum Gasteiger partial charge on any atom is -0.469 e. The van der Waals surface area contributed by atoms with Gasteiger partial charge in [0, 0.05) is 36.7 Å². The highest BCUT2D eigenvalue weighted by Crippen LogP contribution is 2.32. The number of sulfonamides is 1. The summed E-state index contributed by atoms with van der Waals surface area (Å²) in [5.41, 5.74) is 0. The fourth-order valence-electron chi connectivity index (χ4n) is 3.80. The van der Waals surface area contributed by atoms with Crippen LogP contribution in [0.1, 0.15) is 12.8 Å². The molecule has 0 unspecified atom stereocenters. The predicted octanol–water partition coefficient (Wildman–Crippen LogP) is 1.07. The Morgan fingerprint density at radius 2 is 1.92 bits per heavy atom. The van der Waals surface area contributed by atoms with Gasteiger partial charge >= 0.3 is 5.97 Å². The molecule has 1 aromatic carbocycles. The van der Waals surface area contributed by atoms with E-state index in [0.29, 0.717) is 39.0 Å². The summed E-state index contributed by atoms with van der Waals surface area (Å²) in [4.78, 5) is 14.1. The second-order valence-corrected chi connectivity index (χ2v) is 9.58. The highest BCUT2D eigenvalue weighted by Gasteiger charge is 2.42. The SMILES string of the molecule is COC(=O)[C@@H]1C[C@@H](O)[C@@H](N2CCN(S(=O)(=O)c3cccc(Br)c3)CC2)C1. The van der Waals surface area contributed by atoms with E-state index in [0.717, 1.165) is 4.47 Å². The lowest BCUT2D eigenvalue weighted by Gasteiger charge is -2.38. The smallest absolute Gasteiger partial charge is 0.308 e. The quantitative estimate of drug-likeness (QED) is 0.695. The van der Waals surface area contributed by atoms with Crippen LogP contribution < -0.4 is 0 Å². The molecule has 144 valence electrons. The average molecular weight is 447 g/mol. The van der Waals surface area contributed by atoms with E-state index >= 15 is 0 Å². The molecule has 0 aromatic heterocycles. The van der Waals surface area contributed by atoms with Gasteiger partial charge < -0.3 is 9.84 Å². The number of ether oxygens (including phenoxy) is 1. The molecule has 2 aliphatic rings. The number of nitrogens with zero attached hydrogens (tertiary/aromatic N) is 2. The van der Waals surface area contributed by atoms with E-state index in [-0.39, 0.29) is 22.8 Å². The van der Waals surface area contributed by atoms with E-state index in [4.69, 9.17) is 4.74 Å². The summed E-state index contributed by atoms with van der Waals surface area (Å²) >= 11 is 3.31. The van der Waals surface area contributed by atoms with Crippen LogP contribution in [0.15, 0.2) is 33.6 Å². The number of piperazine rings is 1. The molecule has 9 heteroatoms. The first-order chi connectivity index (χ1) is 12.3. The predicted molar refractivity (Wildman–Crippen MR) is 99.0 cm³/mol. The van der Waals surface area contributed by atoms with Crippen LogP contribution in [0, 0.1) is 5.92 Å². The van der Waals surface area contributed by atoms with Crippen molar-refractivity contribution in [3.05, 3.63) is 28.7 Å². The molecule has 2 fully saturated rings. The topological polar surface area (TPSA) is 87.2 Å². The van der Waals surface area contributed by atoms with Crippen LogP contribution in [0.25, 0.3) is 0 Å². The number of carbonyl (C=O) groups excluding carboxylic acids is 1. The Kier molecular flexibility index (Phi) is 6.03. The zero-order valence-electron chi connectivity index (χ0n) is 14.5. The molecule has 0 spiro atoms. The minimum absolute atomic E-state index is 0.130. The Labute approximate surface area is 162 Å². The van der Waals surface area contributed by atoms with E-state index < -0.39 is 16.1 Å². The van der Waals surface area contributed by atoms with Gasteiger partial charge in [-0.1, -0.05) is 22.0 Å². The largest absolute Gasteiger partial charge is 0.469 e. The van der Waals surface area contributed by atoms with Gasteiger partial charge in [-0.2, -0.15) is 4.31 Å². The number of aliphatic hydroxyl groups is 1. The number of methoxy groups -OCH3 is 1. The number of rotatable bonds is 4. The molecule has 1 aliphatic heterocycles. The summed E-state index contributed by atoms with van der Waals surface area (Å²) < 4.78 is 32.6. The summed E-state index contributed by atoms with van der Waals surface area (Å²) in [6, 6.07) is 6.55. The van der Waals surface area contributed by atoms with E-state index in [1.54, 1.807) is 24.3 Å². The highest BCUT2D eigenvalue weighted by atomic mass is 79.9. The summed E-state index contributed by atoms with van der Waals surface area (Å²) in [5, 5.41) is 10.3. The molecule has 7 nitrogen and oxygen atoms in total. The number of halogens is 1. The lowest BCUT2D eigenvalue weighted by molar-refractivity contribution is -0.145. The summed E-state index contributed by atoms with van der Waals surface area (Å²) in [7, 11) is -2.18. The lowest BCUT2D eigenvalue weighted by atomic mass is 10.1. The van der Waals surface area contributed by atoms with E-state index in [1.165, 1.54) is 11.4 Å². The van der Waals surface area contributed by atoms with Gasteiger partial charge in [-0.25, -0.2) is 8.42 Å².